The van der Waals surface area contributed by atoms with Crippen LogP contribution in [0.5, 0.6) is 0 Å². The molecule has 6 heteroatoms. The second-order valence-electron chi connectivity index (χ2n) is 5.31. The number of hydrogen-bond donors (Lipinski definition) is 1. The third kappa shape index (κ3) is 2.49. The van der Waals surface area contributed by atoms with Crippen molar-refractivity contribution in [2.45, 2.75) is 45.2 Å². The second-order valence-corrected chi connectivity index (χ2v) is 5.31. The van der Waals surface area contributed by atoms with Gasteiger partial charge in [-0.1, -0.05) is 0 Å². The Balaban J connectivity index is 2.09. The smallest absolute Gasteiger partial charge is 0.309 e. The maximum absolute atomic E-state index is 11.2. The zero-order valence-electron chi connectivity index (χ0n) is 10.7. The van der Waals surface area contributed by atoms with Crippen LogP contribution in [0.2, 0.25) is 0 Å². The van der Waals surface area contributed by atoms with Crippen LogP contribution in [-0.4, -0.2) is 41.6 Å². The molecule has 0 radical (unpaired) electrons. The van der Waals surface area contributed by atoms with Crippen molar-refractivity contribution in [3.8, 4) is 0 Å². The number of esters is 1. The largest absolute Gasteiger partial charge is 0.481 e. The highest BCUT2D eigenvalue weighted by atomic mass is 16.8. The van der Waals surface area contributed by atoms with Crippen LogP contribution >= 0.6 is 0 Å². The summed E-state index contributed by atoms with van der Waals surface area (Å²) in [6.45, 7) is 5.02. The first-order valence-corrected chi connectivity index (χ1v) is 6.02. The molecule has 0 aromatic carbocycles. The van der Waals surface area contributed by atoms with Crippen LogP contribution in [0.3, 0.4) is 0 Å². The van der Waals surface area contributed by atoms with Crippen molar-refractivity contribution >= 4 is 11.9 Å². The molecule has 4 atom stereocenters. The molecule has 0 aromatic heterocycles. The predicted molar refractivity (Wildman–Crippen MR) is 59.7 cm³/mol. The topological polar surface area (TPSA) is 82.1 Å². The van der Waals surface area contributed by atoms with Crippen molar-refractivity contribution in [3.05, 3.63) is 0 Å². The summed E-state index contributed by atoms with van der Waals surface area (Å²) in [4.78, 5) is 22.0. The van der Waals surface area contributed by atoms with Gasteiger partial charge in [0.1, 0.15) is 6.10 Å². The fourth-order valence-corrected chi connectivity index (χ4v) is 2.72. The third-order valence-electron chi connectivity index (χ3n) is 3.40. The van der Waals surface area contributed by atoms with E-state index < -0.39 is 23.8 Å². The number of ether oxygens (including phenoxy) is 3. The van der Waals surface area contributed by atoms with Crippen LogP contribution in [0.4, 0.5) is 0 Å². The molecule has 0 spiro atoms. The molecule has 2 fully saturated rings. The van der Waals surface area contributed by atoms with E-state index in [2.05, 4.69) is 0 Å². The van der Waals surface area contributed by atoms with Crippen molar-refractivity contribution in [2.75, 3.05) is 6.61 Å². The van der Waals surface area contributed by atoms with Crippen LogP contribution in [0, 0.1) is 11.8 Å². The Kier molecular flexibility index (Phi) is 3.33. The standard InChI is InChI=1S/C12H18O6/c1-6(13)16-5-7-4-8(11(14)15)10-9(7)17-12(2,3)18-10/h7-10H,4-5H2,1-3H3,(H,14,15)/t7-,8-,9-,10+/m1/s1. The van der Waals surface area contributed by atoms with E-state index in [1.165, 1.54) is 6.92 Å². The minimum atomic E-state index is -0.892. The summed E-state index contributed by atoms with van der Waals surface area (Å²) < 4.78 is 16.3. The monoisotopic (exact) mass is 258 g/mol. The Morgan fingerprint density at radius 2 is 1.94 bits per heavy atom. The Morgan fingerprint density at radius 3 is 2.50 bits per heavy atom. The molecular weight excluding hydrogens is 240 g/mol. The molecule has 0 amide bonds. The highest BCUT2D eigenvalue weighted by Gasteiger charge is 2.56. The molecule has 1 N–H and O–H groups in total. The molecule has 1 aliphatic heterocycles. The average Bonchev–Trinajstić information content (AvgIpc) is 2.68. The van der Waals surface area contributed by atoms with E-state index in [4.69, 9.17) is 14.2 Å². The van der Waals surface area contributed by atoms with Crippen LogP contribution in [0.1, 0.15) is 27.2 Å². The van der Waals surface area contributed by atoms with Gasteiger partial charge in [-0.3, -0.25) is 9.59 Å². The van der Waals surface area contributed by atoms with Gasteiger partial charge in [-0.05, 0) is 20.3 Å². The highest BCUT2D eigenvalue weighted by molar-refractivity contribution is 5.71. The van der Waals surface area contributed by atoms with Gasteiger partial charge in [0.05, 0.1) is 18.6 Å². The molecule has 1 aliphatic carbocycles. The summed E-state index contributed by atoms with van der Waals surface area (Å²) in [5.41, 5.74) is 0. The van der Waals surface area contributed by atoms with E-state index in [9.17, 15) is 14.7 Å². The number of carbonyl (C=O) groups is 2. The van der Waals surface area contributed by atoms with Crippen LogP contribution in [-0.2, 0) is 23.8 Å². The molecule has 0 aromatic rings. The van der Waals surface area contributed by atoms with Gasteiger partial charge in [0.2, 0.25) is 0 Å². The number of aliphatic carboxylic acids is 1. The first-order valence-electron chi connectivity index (χ1n) is 6.02. The number of hydrogen-bond acceptors (Lipinski definition) is 5. The molecule has 2 rings (SSSR count). The second kappa shape index (κ2) is 4.51. The van der Waals surface area contributed by atoms with Gasteiger partial charge >= 0.3 is 11.9 Å². The number of fused-ring (bicyclic) bond motifs is 1. The average molecular weight is 258 g/mol. The lowest BCUT2D eigenvalue weighted by Crippen LogP contribution is -2.30. The molecule has 102 valence electrons. The first-order chi connectivity index (χ1) is 8.30. The summed E-state index contributed by atoms with van der Waals surface area (Å²) in [6, 6.07) is 0. The van der Waals surface area contributed by atoms with Gasteiger partial charge in [-0.25, -0.2) is 0 Å². The Bertz CT molecular complexity index is 364. The molecule has 0 bridgehead atoms. The van der Waals surface area contributed by atoms with Crippen LogP contribution < -0.4 is 0 Å². The van der Waals surface area contributed by atoms with E-state index in [-0.39, 0.29) is 24.6 Å². The molecular formula is C12H18O6. The minimum absolute atomic E-state index is 0.123. The summed E-state index contributed by atoms with van der Waals surface area (Å²) >= 11 is 0. The molecule has 6 nitrogen and oxygen atoms in total. The van der Waals surface area contributed by atoms with Gasteiger partial charge in [0, 0.05) is 12.8 Å². The SMILES string of the molecule is CC(=O)OC[C@H]1C[C@@H](C(=O)O)[C@@H]2OC(C)(C)O[C@H]12. The van der Waals surface area contributed by atoms with E-state index in [0.29, 0.717) is 6.42 Å². The lowest BCUT2D eigenvalue weighted by Gasteiger charge is -2.22. The van der Waals surface area contributed by atoms with E-state index in [0.717, 1.165) is 0 Å². The molecule has 1 saturated heterocycles. The quantitative estimate of drug-likeness (QED) is 0.754. The molecule has 1 saturated carbocycles. The van der Waals surface area contributed by atoms with E-state index in [1.807, 2.05) is 0 Å². The normalized spacial score (nSPS) is 37.3. The zero-order chi connectivity index (χ0) is 13.5. The summed E-state index contributed by atoms with van der Waals surface area (Å²) in [5, 5.41) is 9.18. The number of carboxylic acid groups (broad SMARTS) is 1. The van der Waals surface area contributed by atoms with Gasteiger partial charge < -0.3 is 19.3 Å². The number of carboxylic acids is 1. The molecule has 1 heterocycles. The summed E-state index contributed by atoms with van der Waals surface area (Å²) in [5.74, 6) is -2.77. The Morgan fingerprint density at radius 1 is 1.33 bits per heavy atom. The van der Waals surface area contributed by atoms with Crippen molar-refractivity contribution in [1.82, 2.24) is 0 Å². The summed E-state index contributed by atoms with van der Waals surface area (Å²) in [6.07, 6.45) is -0.368. The van der Waals surface area contributed by atoms with Gasteiger partial charge in [0.15, 0.2) is 5.79 Å². The minimum Gasteiger partial charge on any atom is -0.481 e. The molecule has 2 aliphatic rings. The fourth-order valence-electron chi connectivity index (χ4n) is 2.72. The van der Waals surface area contributed by atoms with Gasteiger partial charge in [-0.15, -0.1) is 0 Å². The number of rotatable bonds is 3. The predicted octanol–water partition coefficient (Wildman–Crippen LogP) is 0.790. The molecule has 0 unspecified atom stereocenters. The number of carbonyl (C=O) groups excluding carboxylic acids is 1. The molecule has 18 heavy (non-hydrogen) atoms. The van der Waals surface area contributed by atoms with Gasteiger partial charge in [0.25, 0.3) is 0 Å². The third-order valence-corrected chi connectivity index (χ3v) is 3.40. The zero-order valence-corrected chi connectivity index (χ0v) is 10.7. The van der Waals surface area contributed by atoms with Crippen molar-refractivity contribution < 1.29 is 28.9 Å². The highest BCUT2D eigenvalue weighted by Crippen LogP contribution is 2.44. The van der Waals surface area contributed by atoms with Crippen molar-refractivity contribution in [3.63, 3.8) is 0 Å². The van der Waals surface area contributed by atoms with Gasteiger partial charge in [-0.2, -0.15) is 0 Å². The first kappa shape index (κ1) is 13.3. The lowest BCUT2D eigenvalue weighted by atomic mass is 10.0. The Labute approximate surface area is 105 Å². The van der Waals surface area contributed by atoms with Crippen molar-refractivity contribution in [2.24, 2.45) is 11.8 Å². The maximum atomic E-state index is 11.2. The lowest BCUT2D eigenvalue weighted by molar-refractivity contribution is -0.170. The maximum Gasteiger partial charge on any atom is 0.309 e. The fraction of sp³-hybridized carbons (Fsp3) is 0.833. The van der Waals surface area contributed by atoms with E-state index in [1.54, 1.807) is 13.8 Å². The van der Waals surface area contributed by atoms with Crippen LogP contribution in [0.25, 0.3) is 0 Å². The Hall–Kier alpha value is -1.14. The van der Waals surface area contributed by atoms with Crippen molar-refractivity contribution in [1.29, 1.82) is 0 Å². The van der Waals surface area contributed by atoms with E-state index >= 15 is 0 Å². The van der Waals surface area contributed by atoms with Crippen LogP contribution in [0.15, 0.2) is 0 Å². The summed E-state index contributed by atoms with van der Waals surface area (Å²) in [7, 11) is 0.